The van der Waals surface area contributed by atoms with Gasteiger partial charge in [0.1, 0.15) is 11.5 Å². The van der Waals surface area contributed by atoms with Crippen molar-refractivity contribution in [2.45, 2.75) is 6.42 Å². The van der Waals surface area contributed by atoms with Crippen molar-refractivity contribution in [2.75, 3.05) is 46.9 Å². The second kappa shape index (κ2) is 7.12. The van der Waals surface area contributed by atoms with E-state index in [1.807, 2.05) is 12.1 Å². The highest BCUT2D eigenvalue weighted by Gasteiger charge is 2.15. The third-order valence-electron chi connectivity index (χ3n) is 3.49. The van der Waals surface area contributed by atoms with Crippen LogP contribution in [0.5, 0.6) is 11.5 Å². The van der Waals surface area contributed by atoms with Gasteiger partial charge in [0.15, 0.2) is 0 Å². The van der Waals surface area contributed by atoms with Crippen LogP contribution in [0.2, 0.25) is 0 Å². The van der Waals surface area contributed by atoms with Gasteiger partial charge in [-0.05, 0) is 34.5 Å². The van der Waals surface area contributed by atoms with Gasteiger partial charge in [-0.1, -0.05) is 0 Å². The van der Waals surface area contributed by atoms with E-state index in [-0.39, 0.29) is 0 Å². The maximum Gasteiger partial charge on any atom is 0.133 e. The minimum Gasteiger partial charge on any atom is -0.496 e. The van der Waals surface area contributed by atoms with Crippen molar-refractivity contribution in [1.29, 1.82) is 0 Å². The minimum atomic E-state index is 0.858. The standard InChI is InChI=1S/C14H21BrN2O2/c1-18-12-3-4-13(19-2)14(15)11(12)5-8-17-9-6-16-7-10-17/h3-4,16H,5-10H2,1-2H3. The van der Waals surface area contributed by atoms with Crippen molar-refractivity contribution in [2.24, 2.45) is 0 Å². The molecule has 1 saturated heterocycles. The van der Waals surface area contributed by atoms with Crippen LogP contribution in [0.4, 0.5) is 0 Å². The highest BCUT2D eigenvalue weighted by molar-refractivity contribution is 9.10. The van der Waals surface area contributed by atoms with E-state index in [1.54, 1.807) is 14.2 Å². The number of rotatable bonds is 5. The van der Waals surface area contributed by atoms with Crippen molar-refractivity contribution < 1.29 is 9.47 Å². The van der Waals surface area contributed by atoms with Crippen molar-refractivity contribution in [1.82, 2.24) is 10.2 Å². The van der Waals surface area contributed by atoms with Gasteiger partial charge in [-0.15, -0.1) is 0 Å². The summed E-state index contributed by atoms with van der Waals surface area (Å²) >= 11 is 3.62. The normalized spacial score (nSPS) is 16.4. The molecule has 1 N–H and O–H groups in total. The Morgan fingerprint density at radius 3 is 2.42 bits per heavy atom. The lowest BCUT2D eigenvalue weighted by Crippen LogP contribution is -2.44. The average molecular weight is 329 g/mol. The molecule has 0 atom stereocenters. The molecule has 0 aliphatic carbocycles. The number of hydrogen-bond donors (Lipinski definition) is 1. The Kier molecular flexibility index (Phi) is 5.48. The van der Waals surface area contributed by atoms with Crippen LogP contribution in [-0.2, 0) is 6.42 Å². The van der Waals surface area contributed by atoms with Gasteiger partial charge in [-0.2, -0.15) is 0 Å². The lowest BCUT2D eigenvalue weighted by molar-refractivity contribution is 0.243. The molecule has 1 fully saturated rings. The monoisotopic (exact) mass is 328 g/mol. The largest absolute Gasteiger partial charge is 0.496 e. The summed E-state index contributed by atoms with van der Waals surface area (Å²) in [6.07, 6.45) is 0.959. The van der Waals surface area contributed by atoms with Crippen molar-refractivity contribution in [3.8, 4) is 11.5 Å². The zero-order chi connectivity index (χ0) is 13.7. The first kappa shape index (κ1) is 14.6. The number of nitrogens with zero attached hydrogens (tertiary/aromatic N) is 1. The van der Waals surface area contributed by atoms with Crippen molar-refractivity contribution in [3.05, 3.63) is 22.2 Å². The summed E-state index contributed by atoms with van der Waals surface area (Å²) in [6.45, 7) is 5.43. The molecular formula is C14H21BrN2O2. The predicted molar refractivity (Wildman–Crippen MR) is 80.3 cm³/mol. The lowest BCUT2D eigenvalue weighted by Gasteiger charge is -2.27. The fourth-order valence-electron chi connectivity index (χ4n) is 2.37. The summed E-state index contributed by atoms with van der Waals surface area (Å²) in [5, 5.41) is 3.37. The van der Waals surface area contributed by atoms with E-state index in [9.17, 15) is 0 Å². The first-order valence-electron chi connectivity index (χ1n) is 6.58. The molecule has 0 unspecified atom stereocenters. The van der Waals surface area contributed by atoms with Gasteiger partial charge >= 0.3 is 0 Å². The number of nitrogens with one attached hydrogen (secondary N) is 1. The molecule has 0 bridgehead atoms. The number of methoxy groups -OCH3 is 2. The van der Waals surface area contributed by atoms with Gasteiger partial charge in [0.05, 0.1) is 18.7 Å². The van der Waals surface area contributed by atoms with E-state index >= 15 is 0 Å². The second-order valence-corrected chi connectivity index (χ2v) is 5.40. The molecule has 2 rings (SSSR count). The zero-order valence-electron chi connectivity index (χ0n) is 11.5. The van der Waals surface area contributed by atoms with Gasteiger partial charge < -0.3 is 19.7 Å². The minimum absolute atomic E-state index is 0.858. The molecule has 0 radical (unpaired) electrons. The van der Waals surface area contributed by atoms with Crippen LogP contribution < -0.4 is 14.8 Å². The molecule has 5 heteroatoms. The summed E-state index contributed by atoms with van der Waals surface area (Å²) in [5.41, 5.74) is 1.18. The average Bonchev–Trinajstić information content (AvgIpc) is 2.46. The van der Waals surface area contributed by atoms with Crippen molar-refractivity contribution in [3.63, 3.8) is 0 Å². The molecule has 106 valence electrons. The molecule has 4 nitrogen and oxygen atoms in total. The van der Waals surface area contributed by atoms with Gasteiger partial charge in [0.25, 0.3) is 0 Å². The predicted octanol–water partition coefficient (Wildman–Crippen LogP) is 1.91. The summed E-state index contributed by atoms with van der Waals surface area (Å²) in [4.78, 5) is 2.47. The van der Waals surface area contributed by atoms with Gasteiger partial charge in [-0.3, -0.25) is 0 Å². The van der Waals surface area contributed by atoms with Crippen LogP contribution in [0.15, 0.2) is 16.6 Å². The summed E-state index contributed by atoms with van der Waals surface area (Å²) in [7, 11) is 3.40. The topological polar surface area (TPSA) is 33.7 Å². The van der Waals surface area contributed by atoms with E-state index in [1.165, 1.54) is 5.56 Å². The number of ether oxygens (including phenoxy) is 2. The summed E-state index contributed by atoms with van der Waals surface area (Å²) in [6, 6.07) is 3.90. The first-order chi connectivity index (χ1) is 9.26. The maximum absolute atomic E-state index is 5.45. The molecule has 1 aliphatic rings. The fraction of sp³-hybridized carbons (Fsp3) is 0.571. The van der Waals surface area contributed by atoms with Crippen molar-refractivity contribution >= 4 is 15.9 Å². The Bertz CT molecular complexity index is 420. The van der Waals surface area contributed by atoms with Crippen LogP contribution in [-0.4, -0.2) is 51.8 Å². The molecule has 1 heterocycles. The van der Waals surface area contributed by atoms with Crippen LogP contribution in [0.3, 0.4) is 0 Å². The van der Waals surface area contributed by atoms with Crippen LogP contribution in [0.25, 0.3) is 0 Å². The molecule has 0 aromatic heterocycles. The first-order valence-corrected chi connectivity index (χ1v) is 7.38. The Morgan fingerprint density at radius 1 is 1.16 bits per heavy atom. The SMILES string of the molecule is COc1ccc(OC)c(CCN2CCNCC2)c1Br. The number of piperazine rings is 1. The van der Waals surface area contributed by atoms with Crippen LogP contribution >= 0.6 is 15.9 Å². The Hall–Kier alpha value is -0.780. The number of halogens is 1. The summed E-state index contributed by atoms with van der Waals surface area (Å²) in [5.74, 6) is 1.78. The molecule has 1 aromatic carbocycles. The Balaban J connectivity index is 2.08. The van der Waals surface area contributed by atoms with E-state index in [0.29, 0.717) is 0 Å². The maximum atomic E-state index is 5.45. The van der Waals surface area contributed by atoms with Gasteiger partial charge in [0, 0.05) is 38.3 Å². The fourth-order valence-corrected chi connectivity index (χ4v) is 3.06. The number of hydrogen-bond acceptors (Lipinski definition) is 4. The van der Waals surface area contributed by atoms with Crippen LogP contribution in [0.1, 0.15) is 5.56 Å². The number of benzene rings is 1. The molecule has 0 spiro atoms. The molecule has 1 aromatic rings. The molecule has 0 saturated carbocycles. The smallest absolute Gasteiger partial charge is 0.133 e. The highest BCUT2D eigenvalue weighted by Crippen LogP contribution is 2.35. The van der Waals surface area contributed by atoms with Gasteiger partial charge in [-0.25, -0.2) is 0 Å². The Morgan fingerprint density at radius 2 is 1.79 bits per heavy atom. The molecule has 19 heavy (non-hydrogen) atoms. The highest BCUT2D eigenvalue weighted by atomic mass is 79.9. The third kappa shape index (κ3) is 3.61. The van der Waals surface area contributed by atoms with E-state index < -0.39 is 0 Å². The quantitative estimate of drug-likeness (QED) is 0.895. The molecule has 1 aliphatic heterocycles. The van der Waals surface area contributed by atoms with Crippen LogP contribution in [0, 0.1) is 0 Å². The molecular weight excluding hydrogens is 308 g/mol. The summed E-state index contributed by atoms with van der Waals surface area (Å²) < 4.78 is 11.8. The van der Waals surface area contributed by atoms with E-state index in [2.05, 4.69) is 26.1 Å². The molecule has 0 amide bonds. The third-order valence-corrected chi connectivity index (χ3v) is 4.36. The Labute approximate surface area is 123 Å². The second-order valence-electron chi connectivity index (χ2n) is 4.60. The van der Waals surface area contributed by atoms with E-state index in [4.69, 9.17) is 9.47 Å². The van der Waals surface area contributed by atoms with Gasteiger partial charge in [0.2, 0.25) is 0 Å². The van der Waals surface area contributed by atoms with E-state index in [0.717, 1.165) is 55.1 Å². The zero-order valence-corrected chi connectivity index (χ0v) is 13.1. The lowest BCUT2D eigenvalue weighted by atomic mass is 10.1.